The molecule has 7 nitrogen and oxygen atoms in total. The standard InChI is InChI=1S/C27H27F3N4O3S/c1-33-17-25(32-18-33)24-14-23(38(35,36)34(2)16-20-5-10-22(37-3)11-6-20)12-9-21(24)8-4-19-7-13-26(31-15-19)27(28,29)30/h5-7,9-15,17-18H,4,8,16H2,1-3H3. The number of aryl methyl sites for hydroxylation is 3. The van der Waals surface area contributed by atoms with Crippen molar-refractivity contribution in [2.24, 2.45) is 7.05 Å². The first-order valence-electron chi connectivity index (χ1n) is 11.7. The van der Waals surface area contributed by atoms with Gasteiger partial charge in [0.05, 0.1) is 24.0 Å². The Morgan fingerprint density at radius 3 is 2.26 bits per heavy atom. The molecule has 0 aliphatic heterocycles. The van der Waals surface area contributed by atoms with E-state index in [0.29, 0.717) is 35.4 Å². The van der Waals surface area contributed by atoms with Crippen LogP contribution in [-0.2, 0) is 42.6 Å². The topological polar surface area (TPSA) is 77.3 Å². The molecule has 0 saturated carbocycles. The Balaban J connectivity index is 1.59. The molecule has 0 radical (unpaired) electrons. The summed E-state index contributed by atoms with van der Waals surface area (Å²) in [7, 11) is 1.07. The third-order valence-corrected chi connectivity index (χ3v) is 7.93. The van der Waals surface area contributed by atoms with Gasteiger partial charge in [-0.25, -0.2) is 13.4 Å². The highest BCUT2D eigenvalue weighted by atomic mass is 32.2. The van der Waals surface area contributed by atoms with Gasteiger partial charge in [-0.3, -0.25) is 4.98 Å². The lowest BCUT2D eigenvalue weighted by Crippen LogP contribution is -2.26. The molecule has 2 aromatic carbocycles. The van der Waals surface area contributed by atoms with Crippen molar-refractivity contribution in [2.45, 2.75) is 30.5 Å². The van der Waals surface area contributed by atoms with Gasteiger partial charge in [0, 0.05) is 38.6 Å². The van der Waals surface area contributed by atoms with E-state index in [1.807, 2.05) is 19.2 Å². The first-order valence-corrected chi connectivity index (χ1v) is 13.1. The monoisotopic (exact) mass is 544 g/mol. The van der Waals surface area contributed by atoms with Gasteiger partial charge in [-0.15, -0.1) is 0 Å². The van der Waals surface area contributed by atoms with Gasteiger partial charge in [0.15, 0.2) is 0 Å². The Morgan fingerprint density at radius 1 is 0.974 bits per heavy atom. The summed E-state index contributed by atoms with van der Waals surface area (Å²) < 4.78 is 73.5. The molecular formula is C27H27F3N4O3S. The summed E-state index contributed by atoms with van der Waals surface area (Å²) in [6.45, 7) is 0.175. The third-order valence-electron chi connectivity index (χ3n) is 6.13. The molecule has 0 amide bonds. The van der Waals surface area contributed by atoms with Gasteiger partial charge in [0.2, 0.25) is 10.0 Å². The number of sulfonamides is 1. The van der Waals surface area contributed by atoms with E-state index in [2.05, 4.69) is 9.97 Å². The van der Waals surface area contributed by atoms with Crippen LogP contribution in [0.4, 0.5) is 13.2 Å². The second-order valence-electron chi connectivity index (χ2n) is 8.90. The van der Waals surface area contributed by atoms with Crippen LogP contribution in [0.15, 0.2) is 78.2 Å². The zero-order chi connectivity index (χ0) is 27.5. The van der Waals surface area contributed by atoms with Crippen molar-refractivity contribution in [3.05, 3.63) is 95.7 Å². The summed E-state index contributed by atoms with van der Waals surface area (Å²) in [6.07, 6.45) is 1.02. The van der Waals surface area contributed by atoms with Gasteiger partial charge in [-0.05, 0) is 59.9 Å². The van der Waals surface area contributed by atoms with E-state index in [1.54, 1.807) is 54.5 Å². The van der Waals surface area contributed by atoms with E-state index in [9.17, 15) is 21.6 Å². The zero-order valence-electron chi connectivity index (χ0n) is 21.1. The van der Waals surface area contributed by atoms with E-state index in [1.165, 1.54) is 23.6 Å². The number of halogens is 3. The molecule has 38 heavy (non-hydrogen) atoms. The summed E-state index contributed by atoms with van der Waals surface area (Å²) in [5.41, 5.74) is 2.57. The van der Waals surface area contributed by atoms with Crippen LogP contribution in [0.5, 0.6) is 5.75 Å². The number of methoxy groups -OCH3 is 1. The zero-order valence-corrected chi connectivity index (χ0v) is 21.9. The summed E-state index contributed by atoms with van der Waals surface area (Å²) in [5.74, 6) is 0.682. The fraction of sp³-hybridized carbons (Fsp3) is 0.259. The Hall–Kier alpha value is -3.70. The summed E-state index contributed by atoms with van der Waals surface area (Å²) in [5, 5.41) is 0. The summed E-state index contributed by atoms with van der Waals surface area (Å²) in [4.78, 5) is 8.04. The van der Waals surface area contributed by atoms with Crippen LogP contribution in [-0.4, -0.2) is 41.4 Å². The van der Waals surface area contributed by atoms with Gasteiger partial charge >= 0.3 is 6.18 Å². The molecule has 11 heteroatoms. The maximum Gasteiger partial charge on any atom is 0.433 e. The van der Waals surface area contributed by atoms with E-state index in [0.717, 1.165) is 17.2 Å². The Labute approximate surface area is 219 Å². The maximum absolute atomic E-state index is 13.4. The molecule has 2 heterocycles. The van der Waals surface area contributed by atoms with E-state index in [4.69, 9.17) is 4.74 Å². The third kappa shape index (κ3) is 6.22. The normalized spacial score (nSPS) is 12.2. The van der Waals surface area contributed by atoms with Crippen molar-refractivity contribution in [3.63, 3.8) is 0 Å². The number of alkyl halides is 3. The molecule has 0 aliphatic carbocycles. The first kappa shape index (κ1) is 27.3. The molecule has 0 unspecified atom stereocenters. The van der Waals surface area contributed by atoms with Gasteiger partial charge in [0.25, 0.3) is 0 Å². The van der Waals surface area contributed by atoms with Gasteiger partial charge < -0.3 is 9.30 Å². The van der Waals surface area contributed by atoms with Gasteiger partial charge in [-0.1, -0.05) is 24.3 Å². The molecule has 4 aromatic rings. The molecule has 0 bridgehead atoms. The Kier molecular flexibility index (Phi) is 7.89. The average molecular weight is 545 g/mol. The Bertz CT molecular complexity index is 1500. The van der Waals surface area contributed by atoms with Crippen LogP contribution in [0.25, 0.3) is 11.3 Å². The second-order valence-corrected chi connectivity index (χ2v) is 10.9. The number of nitrogens with zero attached hydrogens (tertiary/aromatic N) is 4. The van der Waals surface area contributed by atoms with Gasteiger partial charge in [-0.2, -0.15) is 17.5 Å². The van der Waals surface area contributed by atoms with Crippen LogP contribution in [0.1, 0.15) is 22.4 Å². The fourth-order valence-electron chi connectivity index (χ4n) is 4.00. The second kappa shape index (κ2) is 11.0. The number of benzene rings is 2. The van der Waals surface area contributed by atoms with Crippen molar-refractivity contribution in [2.75, 3.05) is 14.2 Å². The Morgan fingerprint density at radius 2 is 1.68 bits per heavy atom. The number of hydrogen-bond acceptors (Lipinski definition) is 5. The summed E-state index contributed by atoms with van der Waals surface area (Å²) in [6, 6.07) is 14.4. The van der Waals surface area contributed by atoms with Crippen LogP contribution in [0.2, 0.25) is 0 Å². The molecule has 0 atom stereocenters. The quantitative estimate of drug-likeness (QED) is 0.293. The molecule has 0 aliphatic rings. The lowest BCUT2D eigenvalue weighted by Gasteiger charge is -2.19. The minimum atomic E-state index is -4.49. The number of imidazole rings is 1. The smallest absolute Gasteiger partial charge is 0.433 e. The molecule has 0 N–H and O–H groups in total. The SMILES string of the molecule is COc1ccc(CN(C)S(=O)(=O)c2ccc(CCc3ccc(C(F)(F)F)nc3)c(-c3cn(C)cn3)c2)cc1. The molecule has 4 rings (SSSR count). The molecule has 200 valence electrons. The largest absolute Gasteiger partial charge is 0.497 e. The highest BCUT2D eigenvalue weighted by molar-refractivity contribution is 7.89. The highest BCUT2D eigenvalue weighted by Gasteiger charge is 2.32. The number of pyridine rings is 1. The van der Waals surface area contributed by atoms with Crippen molar-refractivity contribution >= 4 is 10.0 Å². The van der Waals surface area contributed by atoms with Crippen molar-refractivity contribution in [1.29, 1.82) is 0 Å². The lowest BCUT2D eigenvalue weighted by atomic mass is 9.98. The van der Waals surface area contributed by atoms with Gasteiger partial charge in [0.1, 0.15) is 11.4 Å². The van der Waals surface area contributed by atoms with Crippen molar-refractivity contribution in [1.82, 2.24) is 18.8 Å². The molecule has 2 aromatic heterocycles. The molecule has 0 fully saturated rings. The number of hydrogen-bond donors (Lipinski definition) is 0. The minimum absolute atomic E-state index is 0.120. The van der Waals surface area contributed by atoms with E-state index >= 15 is 0 Å². The molecule has 0 spiro atoms. The molecular weight excluding hydrogens is 517 g/mol. The van der Waals surface area contributed by atoms with Crippen LogP contribution >= 0.6 is 0 Å². The maximum atomic E-state index is 13.4. The van der Waals surface area contributed by atoms with E-state index in [-0.39, 0.29) is 11.4 Å². The van der Waals surface area contributed by atoms with Crippen molar-refractivity contribution in [3.8, 4) is 17.0 Å². The molecule has 0 saturated heterocycles. The van der Waals surface area contributed by atoms with Crippen LogP contribution in [0.3, 0.4) is 0 Å². The number of rotatable bonds is 9. The predicted octanol–water partition coefficient (Wildman–Crippen LogP) is 5.12. The predicted molar refractivity (Wildman–Crippen MR) is 137 cm³/mol. The van der Waals surface area contributed by atoms with Crippen LogP contribution in [0, 0.1) is 0 Å². The minimum Gasteiger partial charge on any atom is -0.497 e. The fourth-order valence-corrected chi connectivity index (χ4v) is 5.18. The first-order chi connectivity index (χ1) is 18.0. The van der Waals surface area contributed by atoms with E-state index < -0.39 is 21.9 Å². The number of aromatic nitrogens is 3. The van der Waals surface area contributed by atoms with Crippen molar-refractivity contribution < 1.29 is 26.3 Å². The number of ether oxygens (including phenoxy) is 1. The van der Waals surface area contributed by atoms with Crippen LogP contribution < -0.4 is 4.74 Å². The summed E-state index contributed by atoms with van der Waals surface area (Å²) >= 11 is 0. The highest BCUT2D eigenvalue weighted by Crippen LogP contribution is 2.30. The lowest BCUT2D eigenvalue weighted by molar-refractivity contribution is -0.141. The average Bonchev–Trinajstić information content (AvgIpc) is 3.33.